The van der Waals surface area contributed by atoms with Gasteiger partial charge in [-0.05, 0) is 19.9 Å². The van der Waals surface area contributed by atoms with Crippen molar-refractivity contribution in [2.24, 2.45) is 5.84 Å². The van der Waals surface area contributed by atoms with Crippen molar-refractivity contribution in [3.63, 3.8) is 0 Å². The van der Waals surface area contributed by atoms with Crippen molar-refractivity contribution >= 4 is 5.91 Å². The Hall–Kier alpha value is -0.650. The Labute approximate surface area is 84.5 Å². The minimum Gasteiger partial charge on any atom is -0.379 e. The average Bonchev–Trinajstić information content (AvgIpc) is 2.20. The summed E-state index contributed by atoms with van der Waals surface area (Å²) in [7, 11) is 0. The summed E-state index contributed by atoms with van der Waals surface area (Å²) in [6, 6.07) is 0.463. The van der Waals surface area contributed by atoms with E-state index in [9.17, 15) is 4.79 Å². The van der Waals surface area contributed by atoms with E-state index in [0.717, 1.165) is 32.7 Å². The van der Waals surface area contributed by atoms with Crippen LogP contribution in [-0.4, -0.2) is 43.2 Å². The lowest BCUT2D eigenvalue weighted by Crippen LogP contribution is -2.44. The molecule has 1 heterocycles. The maximum Gasteiger partial charge on any atom is 0.233 e. The molecule has 1 unspecified atom stereocenters. The highest BCUT2D eigenvalue weighted by Gasteiger charge is 2.17. The number of nitrogens with one attached hydrogen (secondary N) is 1. The van der Waals surface area contributed by atoms with Crippen LogP contribution in [0.4, 0.5) is 0 Å². The second-order valence-electron chi connectivity index (χ2n) is 3.63. The van der Waals surface area contributed by atoms with Gasteiger partial charge in [-0.25, -0.2) is 5.84 Å². The number of amides is 1. The maximum absolute atomic E-state index is 10.9. The van der Waals surface area contributed by atoms with Crippen LogP contribution in [0.2, 0.25) is 0 Å². The van der Waals surface area contributed by atoms with E-state index >= 15 is 0 Å². The number of carbonyl (C=O) groups excluding carboxylic acids is 1. The molecule has 5 nitrogen and oxygen atoms in total. The predicted molar refractivity (Wildman–Crippen MR) is 53.4 cm³/mol. The van der Waals surface area contributed by atoms with Gasteiger partial charge in [-0.15, -0.1) is 0 Å². The first-order valence-corrected chi connectivity index (χ1v) is 5.05. The molecule has 0 radical (unpaired) electrons. The topological polar surface area (TPSA) is 67.6 Å². The van der Waals surface area contributed by atoms with Gasteiger partial charge in [-0.2, -0.15) is 0 Å². The van der Waals surface area contributed by atoms with E-state index in [0.29, 0.717) is 12.5 Å². The third-order valence-electron chi connectivity index (χ3n) is 2.52. The van der Waals surface area contributed by atoms with E-state index in [2.05, 4.69) is 17.2 Å². The highest BCUT2D eigenvalue weighted by molar-refractivity contribution is 5.75. The largest absolute Gasteiger partial charge is 0.379 e. The van der Waals surface area contributed by atoms with Crippen LogP contribution in [-0.2, 0) is 9.53 Å². The normalized spacial score (nSPS) is 23.4. The Morgan fingerprint density at radius 1 is 1.71 bits per heavy atom. The number of nitrogens with two attached hydrogens (primary N) is 1. The number of hydrazine groups is 1. The van der Waals surface area contributed by atoms with Gasteiger partial charge in [0, 0.05) is 19.0 Å². The fraction of sp³-hybridized carbons (Fsp3) is 0.889. The molecule has 0 aromatic heterocycles. The summed E-state index contributed by atoms with van der Waals surface area (Å²) >= 11 is 0. The van der Waals surface area contributed by atoms with Gasteiger partial charge in [0.1, 0.15) is 0 Å². The third-order valence-corrected chi connectivity index (χ3v) is 2.52. The van der Waals surface area contributed by atoms with E-state index in [1.807, 2.05) is 0 Å². The third kappa shape index (κ3) is 3.61. The predicted octanol–water partition coefficient (Wildman–Crippen LogP) is -0.523. The first-order chi connectivity index (χ1) is 6.74. The van der Waals surface area contributed by atoms with Crippen LogP contribution in [0, 0.1) is 0 Å². The molecule has 0 saturated carbocycles. The Kier molecular flexibility index (Phi) is 4.86. The Morgan fingerprint density at radius 2 is 2.50 bits per heavy atom. The summed E-state index contributed by atoms with van der Waals surface area (Å²) < 4.78 is 5.32. The van der Waals surface area contributed by atoms with Crippen LogP contribution >= 0.6 is 0 Å². The summed E-state index contributed by atoms with van der Waals surface area (Å²) in [5.41, 5.74) is 2.13. The zero-order valence-electron chi connectivity index (χ0n) is 8.66. The molecule has 5 heteroatoms. The highest BCUT2D eigenvalue weighted by atomic mass is 16.5. The van der Waals surface area contributed by atoms with Crippen molar-refractivity contribution in [2.45, 2.75) is 25.8 Å². The van der Waals surface area contributed by atoms with Gasteiger partial charge in [0.25, 0.3) is 0 Å². The first kappa shape index (κ1) is 11.4. The molecule has 0 bridgehead atoms. The Morgan fingerprint density at radius 3 is 3.14 bits per heavy atom. The number of hydrogen-bond donors (Lipinski definition) is 2. The molecule has 0 aliphatic carbocycles. The highest BCUT2D eigenvalue weighted by Crippen LogP contribution is 2.07. The van der Waals surface area contributed by atoms with Crippen molar-refractivity contribution in [1.82, 2.24) is 10.3 Å². The minimum absolute atomic E-state index is 0.0917. The molecule has 1 rings (SSSR count). The molecular formula is C9H19N3O2. The summed E-state index contributed by atoms with van der Waals surface area (Å²) in [5.74, 6) is 4.89. The fourth-order valence-corrected chi connectivity index (χ4v) is 1.61. The number of hydrogen-bond acceptors (Lipinski definition) is 4. The maximum atomic E-state index is 10.9. The van der Waals surface area contributed by atoms with Gasteiger partial charge < -0.3 is 4.74 Å². The van der Waals surface area contributed by atoms with Crippen LogP contribution < -0.4 is 11.3 Å². The monoisotopic (exact) mass is 201 g/mol. The molecule has 3 N–H and O–H groups in total. The molecule has 0 spiro atoms. The zero-order chi connectivity index (χ0) is 10.4. The van der Waals surface area contributed by atoms with Gasteiger partial charge >= 0.3 is 0 Å². The quantitative estimate of drug-likeness (QED) is 0.365. The lowest BCUT2D eigenvalue weighted by Gasteiger charge is -2.33. The number of morpholine rings is 1. The van der Waals surface area contributed by atoms with Crippen LogP contribution in [0.3, 0.4) is 0 Å². The second kappa shape index (κ2) is 5.95. The number of rotatable bonds is 4. The Balaban J connectivity index is 2.13. The zero-order valence-corrected chi connectivity index (χ0v) is 8.66. The van der Waals surface area contributed by atoms with Gasteiger partial charge in [-0.1, -0.05) is 0 Å². The van der Waals surface area contributed by atoms with E-state index in [1.54, 1.807) is 0 Å². The van der Waals surface area contributed by atoms with Crippen LogP contribution in [0.15, 0.2) is 0 Å². The van der Waals surface area contributed by atoms with Gasteiger partial charge in [0.2, 0.25) is 5.91 Å². The van der Waals surface area contributed by atoms with Gasteiger partial charge in [-0.3, -0.25) is 15.1 Å². The molecule has 0 aromatic rings. The summed E-state index contributed by atoms with van der Waals surface area (Å²) in [6.45, 7) is 5.64. The van der Waals surface area contributed by atoms with Crippen molar-refractivity contribution in [3.8, 4) is 0 Å². The fourth-order valence-electron chi connectivity index (χ4n) is 1.61. The molecule has 1 saturated heterocycles. The smallest absolute Gasteiger partial charge is 0.233 e. The Bertz CT molecular complexity index is 187. The molecule has 0 aromatic carbocycles. The number of nitrogens with zero attached hydrogens (tertiary/aromatic N) is 1. The molecular weight excluding hydrogens is 182 g/mol. The van der Waals surface area contributed by atoms with Crippen LogP contribution in [0.25, 0.3) is 0 Å². The molecule has 14 heavy (non-hydrogen) atoms. The first-order valence-electron chi connectivity index (χ1n) is 5.05. The number of ether oxygens (including phenoxy) is 1. The molecule has 1 aliphatic heterocycles. The lowest BCUT2D eigenvalue weighted by molar-refractivity contribution is -0.121. The van der Waals surface area contributed by atoms with Gasteiger partial charge in [0.05, 0.1) is 13.2 Å². The van der Waals surface area contributed by atoms with E-state index in [-0.39, 0.29) is 5.91 Å². The van der Waals surface area contributed by atoms with E-state index in [1.165, 1.54) is 0 Å². The van der Waals surface area contributed by atoms with Gasteiger partial charge in [0.15, 0.2) is 0 Å². The SMILES string of the molecule is CC1COCCN1CCCC(=O)NN. The molecule has 1 amide bonds. The van der Waals surface area contributed by atoms with Crippen LogP contribution in [0.1, 0.15) is 19.8 Å². The van der Waals surface area contributed by atoms with Crippen molar-refractivity contribution in [1.29, 1.82) is 0 Å². The molecule has 1 fully saturated rings. The van der Waals surface area contributed by atoms with E-state index < -0.39 is 0 Å². The molecule has 1 aliphatic rings. The van der Waals surface area contributed by atoms with Crippen molar-refractivity contribution in [2.75, 3.05) is 26.3 Å². The summed E-state index contributed by atoms with van der Waals surface area (Å²) in [5, 5.41) is 0. The average molecular weight is 201 g/mol. The lowest BCUT2D eigenvalue weighted by atomic mass is 10.2. The van der Waals surface area contributed by atoms with E-state index in [4.69, 9.17) is 10.6 Å². The van der Waals surface area contributed by atoms with Crippen LogP contribution in [0.5, 0.6) is 0 Å². The minimum atomic E-state index is -0.0917. The standard InChI is InChI=1S/C9H19N3O2/c1-8-7-14-6-5-12(8)4-2-3-9(13)11-10/h8H,2-7,10H2,1H3,(H,11,13). The molecule has 1 atom stereocenters. The summed E-state index contributed by atoms with van der Waals surface area (Å²) in [6.07, 6.45) is 1.36. The summed E-state index contributed by atoms with van der Waals surface area (Å²) in [4.78, 5) is 13.2. The number of carbonyl (C=O) groups is 1. The van der Waals surface area contributed by atoms with Crippen molar-refractivity contribution < 1.29 is 9.53 Å². The second-order valence-corrected chi connectivity index (χ2v) is 3.63. The van der Waals surface area contributed by atoms with Crippen molar-refractivity contribution in [3.05, 3.63) is 0 Å². The molecule has 82 valence electrons.